The van der Waals surface area contributed by atoms with Gasteiger partial charge in [0.05, 0.1) is 26.9 Å². The lowest BCUT2D eigenvalue weighted by atomic mass is 9.76. The number of phenols is 1. The maximum absolute atomic E-state index is 10.4. The van der Waals surface area contributed by atoms with Crippen LogP contribution < -0.4 is 10.6 Å². The first-order valence-electron chi connectivity index (χ1n) is 8.07. The van der Waals surface area contributed by atoms with Gasteiger partial charge in [-0.1, -0.05) is 0 Å². The molecule has 4 aliphatic rings. The van der Waals surface area contributed by atoms with Gasteiger partial charge < -0.3 is 15.7 Å². The number of nitro groups is 3. The largest absolute Gasteiger partial charge is 0.497 e. The number of rotatable bonds is 3. The van der Waals surface area contributed by atoms with E-state index >= 15 is 0 Å². The molecule has 0 aromatic heterocycles. The van der Waals surface area contributed by atoms with Crippen LogP contribution in [-0.4, -0.2) is 44.0 Å². The minimum atomic E-state index is -1.21. The second-order valence-electron chi connectivity index (χ2n) is 6.67. The van der Waals surface area contributed by atoms with Crippen LogP contribution >= 0.6 is 0 Å². The van der Waals surface area contributed by atoms with Gasteiger partial charge in [-0.3, -0.25) is 30.3 Å². The summed E-state index contributed by atoms with van der Waals surface area (Å²) in [5.74, 6) is -1.21. The van der Waals surface area contributed by atoms with E-state index in [4.69, 9.17) is 5.11 Å². The van der Waals surface area contributed by atoms with Crippen LogP contribution in [0.2, 0.25) is 0 Å². The summed E-state index contributed by atoms with van der Waals surface area (Å²) in [6, 6.07) is 4.35. The van der Waals surface area contributed by atoms with Crippen LogP contribution in [0.4, 0.5) is 17.1 Å². The van der Waals surface area contributed by atoms with Gasteiger partial charge in [0, 0.05) is 24.2 Å². The molecule has 26 heavy (non-hydrogen) atoms. The number of aromatic hydroxyl groups is 1. The number of nitrogens with one attached hydrogen (secondary N) is 2. The number of phenolic OH excluding ortho intramolecular Hbond substituents is 1. The molecule has 4 bridgehead atoms. The van der Waals surface area contributed by atoms with Crippen LogP contribution in [0.3, 0.4) is 0 Å². The molecule has 5 rings (SSSR count). The van der Waals surface area contributed by atoms with Crippen LogP contribution in [0.1, 0.15) is 25.7 Å². The quantitative estimate of drug-likeness (QED) is 0.526. The van der Waals surface area contributed by atoms with Gasteiger partial charge in [-0.15, -0.1) is 0 Å². The Morgan fingerprint density at radius 1 is 0.769 bits per heavy atom. The number of nitro benzene ring substituents is 3. The van der Waals surface area contributed by atoms with E-state index in [1.807, 2.05) is 0 Å². The Bertz CT molecular complexity index is 677. The van der Waals surface area contributed by atoms with Crippen LogP contribution in [0, 0.1) is 30.3 Å². The molecule has 12 heteroatoms. The number of hydrogen-bond acceptors (Lipinski definition) is 9. The summed E-state index contributed by atoms with van der Waals surface area (Å²) in [5.41, 5.74) is -3.00. The summed E-state index contributed by atoms with van der Waals surface area (Å²) >= 11 is 0. The maximum atomic E-state index is 10.4. The van der Waals surface area contributed by atoms with Crippen molar-refractivity contribution in [3.05, 3.63) is 42.5 Å². The number of hydrogen-bond donors (Lipinski definition) is 3. The van der Waals surface area contributed by atoms with E-state index in [9.17, 15) is 30.3 Å². The van der Waals surface area contributed by atoms with E-state index in [0.29, 0.717) is 12.1 Å². The molecule has 0 aliphatic carbocycles. The van der Waals surface area contributed by atoms with Gasteiger partial charge in [0.25, 0.3) is 11.4 Å². The summed E-state index contributed by atoms with van der Waals surface area (Å²) in [7, 11) is 0. The second-order valence-corrected chi connectivity index (χ2v) is 6.67. The molecule has 140 valence electrons. The predicted octanol–water partition coefficient (Wildman–Crippen LogP) is 1.36. The van der Waals surface area contributed by atoms with E-state index in [0.717, 1.165) is 24.2 Å². The Morgan fingerprint density at radius 3 is 1.38 bits per heavy atom. The van der Waals surface area contributed by atoms with Gasteiger partial charge >= 0.3 is 11.4 Å². The molecule has 0 unspecified atom stereocenters. The highest BCUT2D eigenvalue weighted by molar-refractivity contribution is 5.64. The van der Waals surface area contributed by atoms with Gasteiger partial charge in [-0.05, 0) is 25.7 Å². The van der Waals surface area contributed by atoms with Crippen molar-refractivity contribution in [2.24, 2.45) is 0 Å². The lowest BCUT2D eigenvalue weighted by Gasteiger charge is -2.51. The van der Waals surface area contributed by atoms with E-state index in [1.165, 1.54) is 25.7 Å². The smallest absolute Gasteiger partial charge is 0.324 e. The Labute approximate surface area is 146 Å². The molecule has 12 nitrogen and oxygen atoms in total. The third-order valence-corrected chi connectivity index (χ3v) is 4.88. The Hall–Kier alpha value is -2.86. The third kappa shape index (κ3) is 3.55. The van der Waals surface area contributed by atoms with Gasteiger partial charge in [-0.2, -0.15) is 0 Å². The highest BCUT2D eigenvalue weighted by atomic mass is 16.6. The topological polar surface area (TPSA) is 174 Å². The highest BCUT2D eigenvalue weighted by Gasteiger charge is 2.41. The lowest BCUT2D eigenvalue weighted by Crippen LogP contribution is -2.66. The SMILES string of the molecule is C1C2CC3CC(CC1N3)N2.O=[N+]([O-])c1cc([N+](=O)[O-])c(O)c([N+](=O)[O-])c1. The molecule has 4 aliphatic heterocycles. The van der Waals surface area contributed by atoms with E-state index in [2.05, 4.69) is 10.6 Å². The molecule has 4 heterocycles. The zero-order valence-electron chi connectivity index (χ0n) is 13.5. The Morgan fingerprint density at radius 2 is 1.12 bits per heavy atom. The van der Waals surface area contributed by atoms with Gasteiger partial charge in [0.1, 0.15) is 0 Å². The molecule has 1 aromatic carbocycles. The number of nitrogens with zero attached hydrogens (tertiary/aromatic N) is 3. The normalized spacial score (nSPS) is 28.2. The lowest BCUT2D eigenvalue weighted by molar-refractivity contribution is -0.404. The molecule has 4 saturated heterocycles. The zero-order valence-corrected chi connectivity index (χ0v) is 13.5. The molecule has 3 N–H and O–H groups in total. The standard InChI is InChI=1S/C8H14N2.C6H3N3O7/c1-5-2-7-4-8(9-5)3-6(1)10-7;10-6-4(8(13)14)1-3(7(11)12)2-5(6)9(15)16/h5-10H,1-4H2;1-2,10H. The molecule has 0 amide bonds. The molecule has 0 radical (unpaired) electrons. The van der Waals surface area contributed by atoms with Crippen molar-refractivity contribution in [3.8, 4) is 5.75 Å². The number of non-ortho nitro benzene ring substituents is 1. The van der Waals surface area contributed by atoms with Crippen molar-refractivity contribution in [1.82, 2.24) is 10.6 Å². The van der Waals surface area contributed by atoms with Crippen LogP contribution in [0.15, 0.2) is 12.1 Å². The van der Waals surface area contributed by atoms with Crippen molar-refractivity contribution in [1.29, 1.82) is 0 Å². The van der Waals surface area contributed by atoms with Gasteiger partial charge in [0.15, 0.2) is 0 Å². The minimum Gasteiger partial charge on any atom is -0.497 e. The fraction of sp³-hybridized carbons (Fsp3) is 0.571. The fourth-order valence-electron chi connectivity index (χ4n) is 3.94. The van der Waals surface area contributed by atoms with Gasteiger partial charge in [0.2, 0.25) is 0 Å². The van der Waals surface area contributed by atoms with Gasteiger partial charge in [-0.25, -0.2) is 0 Å². The van der Waals surface area contributed by atoms with Crippen LogP contribution in [0.25, 0.3) is 0 Å². The summed E-state index contributed by atoms with van der Waals surface area (Å²) in [5, 5.41) is 47.6. The van der Waals surface area contributed by atoms with Crippen molar-refractivity contribution in [2.45, 2.75) is 49.9 Å². The first-order valence-corrected chi connectivity index (χ1v) is 8.07. The first kappa shape index (κ1) is 17.9. The average molecular weight is 367 g/mol. The zero-order chi connectivity index (χ0) is 19.0. The van der Waals surface area contributed by atoms with E-state index in [1.54, 1.807) is 0 Å². The molecular formula is C14H17N5O7. The molecule has 4 fully saturated rings. The average Bonchev–Trinajstić information content (AvgIpc) is 2.53. The Kier molecular flexibility index (Phi) is 4.70. The highest BCUT2D eigenvalue weighted by Crippen LogP contribution is 2.39. The summed E-state index contributed by atoms with van der Waals surface area (Å²) < 4.78 is 0. The summed E-state index contributed by atoms with van der Waals surface area (Å²) in [4.78, 5) is 27.8. The number of benzene rings is 1. The number of piperidine rings is 4. The third-order valence-electron chi connectivity index (χ3n) is 4.88. The monoisotopic (exact) mass is 367 g/mol. The van der Waals surface area contributed by atoms with E-state index < -0.39 is 37.6 Å². The van der Waals surface area contributed by atoms with Crippen molar-refractivity contribution < 1.29 is 19.9 Å². The summed E-state index contributed by atoms with van der Waals surface area (Å²) in [6.45, 7) is 0. The summed E-state index contributed by atoms with van der Waals surface area (Å²) in [6.07, 6.45) is 5.53. The van der Waals surface area contributed by atoms with Crippen LogP contribution in [-0.2, 0) is 0 Å². The van der Waals surface area contributed by atoms with Crippen molar-refractivity contribution in [3.63, 3.8) is 0 Å². The molecule has 0 spiro atoms. The Balaban J connectivity index is 0.000000164. The predicted molar refractivity (Wildman–Crippen MR) is 88.0 cm³/mol. The molecule has 0 saturated carbocycles. The van der Waals surface area contributed by atoms with Crippen LogP contribution in [0.5, 0.6) is 5.75 Å². The molecule has 0 atom stereocenters. The van der Waals surface area contributed by atoms with E-state index in [-0.39, 0.29) is 0 Å². The molecular weight excluding hydrogens is 350 g/mol. The van der Waals surface area contributed by atoms with Crippen molar-refractivity contribution >= 4 is 17.1 Å². The fourth-order valence-corrected chi connectivity index (χ4v) is 3.94. The minimum absolute atomic E-state index is 0.447. The van der Waals surface area contributed by atoms with Crippen molar-refractivity contribution in [2.75, 3.05) is 0 Å². The maximum Gasteiger partial charge on any atom is 0.324 e. The molecule has 1 aromatic rings. The first-order chi connectivity index (χ1) is 12.2. The second kappa shape index (κ2) is 6.80.